The van der Waals surface area contributed by atoms with Gasteiger partial charge in [-0.05, 0) is 37.0 Å². The predicted molar refractivity (Wildman–Crippen MR) is 120 cm³/mol. The lowest BCUT2D eigenvalue weighted by molar-refractivity contribution is -0.113. The molecule has 1 aromatic carbocycles. The number of carbonyl (C=O) groups excluding carboxylic acids is 2. The van der Waals surface area contributed by atoms with Gasteiger partial charge in [-0.3, -0.25) is 4.79 Å². The van der Waals surface area contributed by atoms with Crippen molar-refractivity contribution in [3.05, 3.63) is 40.3 Å². The summed E-state index contributed by atoms with van der Waals surface area (Å²) in [6.45, 7) is 0. The molecule has 0 saturated carbocycles. The summed E-state index contributed by atoms with van der Waals surface area (Å²) in [4.78, 5) is 26.0. The van der Waals surface area contributed by atoms with Crippen LogP contribution in [0.25, 0.3) is 11.4 Å². The van der Waals surface area contributed by atoms with Gasteiger partial charge in [0.1, 0.15) is 10.8 Å². The normalized spacial score (nSPS) is 12.5. The van der Waals surface area contributed by atoms with E-state index >= 15 is 0 Å². The molecule has 8 nitrogen and oxygen atoms in total. The third-order valence-corrected chi connectivity index (χ3v) is 7.31. The van der Waals surface area contributed by atoms with Gasteiger partial charge in [0.25, 0.3) is 0 Å². The van der Waals surface area contributed by atoms with Gasteiger partial charge in [0, 0.05) is 11.9 Å². The van der Waals surface area contributed by atoms with E-state index in [2.05, 4.69) is 15.5 Å². The van der Waals surface area contributed by atoms with Gasteiger partial charge in [0.05, 0.1) is 31.1 Å². The lowest BCUT2D eigenvalue weighted by Crippen LogP contribution is -2.16. The van der Waals surface area contributed by atoms with Gasteiger partial charge in [-0.1, -0.05) is 23.9 Å². The molecule has 0 aliphatic heterocycles. The molecule has 2 heterocycles. The first-order chi connectivity index (χ1) is 15.0. The van der Waals surface area contributed by atoms with Crippen LogP contribution in [0, 0.1) is 0 Å². The number of benzene rings is 1. The average Bonchev–Trinajstić information content (AvgIpc) is 3.46. The van der Waals surface area contributed by atoms with Crippen LogP contribution in [-0.4, -0.2) is 46.6 Å². The number of thiophene rings is 1. The number of carbonyl (C=O) groups is 2. The van der Waals surface area contributed by atoms with Crippen molar-refractivity contribution in [2.75, 3.05) is 25.3 Å². The number of amides is 1. The Labute approximate surface area is 188 Å². The van der Waals surface area contributed by atoms with Crippen LogP contribution in [0.2, 0.25) is 0 Å². The number of methoxy groups -OCH3 is 2. The van der Waals surface area contributed by atoms with Gasteiger partial charge >= 0.3 is 5.97 Å². The van der Waals surface area contributed by atoms with Gasteiger partial charge in [-0.15, -0.1) is 21.5 Å². The second-order valence-electron chi connectivity index (χ2n) is 6.96. The highest BCUT2D eigenvalue weighted by atomic mass is 32.2. The Morgan fingerprint density at radius 1 is 1.23 bits per heavy atom. The second kappa shape index (κ2) is 9.11. The number of para-hydroxylation sites is 1. The fraction of sp³-hybridized carbons (Fsp3) is 0.333. The number of esters is 1. The number of hydrogen-bond acceptors (Lipinski definition) is 8. The maximum absolute atomic E-state index is 12.6. The van der Waals surface area contributed by atoms with Gasteiger partial charge in [-0.25, -0.2) is 4.79 Å². The molecule has 0 radical (unpaired) electrons. The van der Waals surface area contributed by atoms with Crippen LogP contribution in [0.5, 0.6) is 5.75 Å². The monoisotopic (exact) mass is 458 g/mol. The summed E-state index contributed by atoms with van der Waals surface area (Å²) in [5.41, 5.74) is 2.33. The van der Waals surface area contributed by atoms with Crippen LogP contribution in [0.4, 0.5) is 5.00 Å². The maximum Gasteiger partial charge on any atom is 0.341 e. The number of nitrogens with one attached hydrogen (secondary N) is 1. The molecular weight excluding hydrogens is 436 g/mol. The molecule has 2 aromatic heterocycles. The van der Waals surface area contributed by atoms with Crippen LogP contribution in [-0.2, 0) is 29.4 Å². The second-order valence-corrected chi connectivity index (χ2v) is 9.00. The van der Waals surface area contributed by atoms with Crippen LogP contribution in [0.1, 0.15) is 27.2 Å². The quantitative estimate of drug-likeness (QED) is 0.427. The fourth-order valence-corrected chi connectivity index (χ4v) is 5.61. The van der Waals surface area contributed by atoms with E-state index in [1.54, 1.807) is 7.11 Å². The molecule has 3 aromatic rings. The molecule has 0 fully saturated rings. The third-order valence-electron chi connectivity index (χ3n) is 5.08. The molecule has 4 rings (SSSR count). The number of thioether (sulfide) groups is 1. The SMILES string of the molecule is COC(=O)c1c(NC(=O)CSc2nnc(-c3ccccc3OC)n2C)sc2c1CCC2. The molecule has 1 N–H and O–H groups in total. The summed E-state index contributed by atoms with van der Waals surface area (Å²) in [7, 11) is 4.82. The zero-order chi connectivity index (χ0) is 22.0. The zero-order valence-electron chi connectivity index (χ0n) is 17.4. The Bertz CT molecular complexity index is 1140. The molecule has 1 aliphatic carbocycles. The maximum atomic E-state index is 12.6. The minimum absolute atomic E-state index is 0.140. The summed E-state index contributed by atoms with van der Waals surface area (Å²) in [6, 6.07) is 7.57. The van der Waals surface area contributed by atoms with E-state index in [0.29, 0.717) is 27.3 Å². The molecule has 162 valence electrons. The van der Waals surface area contributed by atoms with Gasteiger partial charge in [0.2, 0.25) is 5.91 Å². The predicted octanol–water partition coefficient (Wildman–Crippen LogP) is 3.56. The lowest BCUT2D eigenvalue weighted by Gasteiger charge is -2.08. The summed E-state index contributed by atoms with van der Waals surface area (Å²) < 4.78 is 12.2. The van der Waals surface area contributed by atoms with Crippen LogP contribution in [0.3, 0.4) is 0 Å². The standard InChI is InChI=1S/C21H22N4O4S2/c1-25-18(12-7-4-5-9-14(12)28-2)23-24-21(25)30-11-16(26)22-19-17(20(27)29-3)13-8-6-10-15(13)31-19/h4-5,7,9H,6,8,10-11H2,1-3H3,(H,22,26). The van der Waals surface area contributed by atoms with Crippen molar-refractivity contribution in [3.63, 3.8) is 0 Å². The summed E-state index contributed by atoms with van der Waals surface area (Å²) in [6.07, 6.45) is 2.79. The highest BCUT2D eigenvalue weighted by Crippen LogP contribution is 2.39. The number of nitrogens with zero attached hydrogens (tertiary/aromatic N) is 3. The Kier molecular flexibility index (Phi) is 6.28. The number of ether oxygens (including phenoxy) is 2. The molecular formula is C21H22N4O4S2. The number of aryl methyl sites for hydroxylation is 1. The topological polar surface area (TPSA) is 95.3 Å². The summed E-state index contributed by atoms with van der Waals surface area (Å²) >= 11 is 2.74. The molecule has 1 amide bonds. The zero-order valence-corrected chi connectivity index (χ0v) is 19.1. The van der Waals surface area contributed by atoms with E-state index in [9.17, 15) is 9.59 Å². The summed E-state index contributed by atoms with van der Waals surface area (Å²) in [5.74, 6) is 0.881. The first kappa shape index (κ1) is 21.4. The van der Waals surface area contributed by atoms with Crippen molar-refractivity contribution in [3.8, 4) is 17.1 Å². The molecule has 10 heteroatoms. The number of fused-ring (bicyclic) bond motifs is 1. The van der Waals surface area contributed by atoms with E-state index in [4.69, 9.17) is 9.47 Å². The molecule has 31 heavy (non-hydrogen) atoms. The fourth-order valence-electron chi connectivity index (χ4n) is 3.61. The van der Waals surface area contributed by atoms with Crippen molar-refractivity contribution in [1.29, 1.82) is 0 Å². The van der Waals surface area contributed by atoms with Gasteiger partial charge in [0.15, 0.2) is 11.0 Å². The first-order valence-corrected chi connectivity index (χ1v) is 11.5. The summed E-state index contributed by atoms with van der Waals surface area (Å²) in [5, 5.41) is 12.5. The Hall–Kier alpha value is -2.85. The minimum atomic E-state index is -0.405. The van der Waals surface area contributed by atoms with Gasteiger partial charge < -0.3 is 19.4 Å². The molecule has 0 bridgehead atoms. The third kappa shape index (κ3) is 4.17. The molecule has 0 saturated heterocycles. The number of hydrogen-bond donors (Lipinski definition) is 1. The van der Waals surface area contributed by atoms with E-state index in [0.717, 1.165) is 35.3 Å². The lowest BCUT2D eigenvalue weighted by atomic mass is 10.1. The van der Waals surface area contributed by atoms with E-state index in [-0.39, 0.29) is 11.7 Å². The Balaban J connectivity index is 1.46. The van der Waals surface area contributed by atoms with Crippen molar-refractivity contribution >= 4 is 40.0 Å². The van der Waals surface area contributed by atoms with Crippen LogP contribution < -0.4 is 10.1 Å². The largest absolute Gasteiger partial charge is 0.496 e. The first-order valence-electron chi connectivity index (χ1n) is 9.71. The number of rotatable bonds is 7. The number of anilines is 1. The van der Waals surface area contributed by atoms with E-state index in [1.807, 2.05) is 35.9 Å². The Morgan fingerprint density at radius 2 is 2.03 bits per heavy atom. The minimum Gasteiger partial charge on any atom is -0.496 e. The van der Waals surface area contributed by atoms with E-state index < -0.39 is 5.97 Å². The smallest absolute Gasteiger partial charge is 0.341 e. The van der Waals surface area contributed by atoms with Crippen LogP contribution >= 0.6 is 23.1 Å². The highest BCUT2D eigenvalue weighted by molar-refractivity contribution is 7.99. The van der Waals surface area contributed by atoms with Crippen molar-refractivity contribution in [2.24, 2.45) is 7.05 Å². The average molecular weight is 459 g/mol. The molecule has 0 spiro atoms. The molecule has 1 aliphatic rings. The molecule has 0 atom stereocenters. The highest BCUT2D eigenvalue weighted by Gasteiger charge is 2.28. The van der Waals surface area contributed by atoms with Crippen molar-refractivity contribution in [1.82, 2.24) is 14.8 Å². The van der Waals surface area contributed by atoms with E-state index in [1.165, 1.54) is 30.2 Å². The number of aromatic nitrogens is 3. The van der Waals surface area contributed by atoms with Crippen LogP contribution in [0.15, 0.2) is 29.4 Å². The van der Waals surface area contributed by atoms with Gasteiger partial charge in [-0.2, -0.15) is 0 Å². The Morgan fingerprint density at radius 3 is 2.81 bits per heavy atom. The molecule has 0 unspecified atom stereocenters. The van der Waals surface area contributed by atoms with Crippen molar-refractivity contribution < 1.29 is 19.1 Å². The van der Waals surface area contributed by atoms with Crippen molar-refractivity contribution in [2.45, 2.75) is 24.4 Å².